The second kappa shape index (κ2) is 7.52. The van der Waals surface area contributed by atoms with E-state index in [0.717, 1.165) is 0 Å². The van der Waals surface area contributed by atoms with Gasteiger partial charge in [-0.2, -0.15) is 0 Å². The van der Waals surface area contributed by atoms with E-state index in [0.29, 0.717) is 13.0 Å². The standard InChI is InChI=1S/C15H21NO5/c1-10(2)16(9-5-8-13(17)18)15(20)11-6-4-7-12(21-3)14(11)19/h4,6-7,10,19H,5,8-9H2,1-3H3,(H,17,18). The fourth-order valence-corrected chi connectivity index (χ4v) is 2.01. The summed E-state index contributed by atoms with van der Waals surface area (Å²) in [6.45, 7) is 4.01. The van der Waals surface area contributed by atoms with E-state index in [1.54, 1.807) is 12.1 Å². The van der Waals surface area contributed by atoms with Gasteiger partial charge in [-0.25, -0.2) is 0 Å². The normalized spacial score (nSPS) is 10.5. The number of aromatic hydroxyl groups is 1. The number of para-hydroxylation sites is 1. The van der Waals surface area contributed by atoms with Crippen LogP contribution in [0.2, 0.25) is 0 Å². The third kappa shape index (κ3) is 4.37. The van der Waals surface area contributed by atoms with Gasteiger partial charge in [0.15, 0.2) is 11.5 Å². The Kier molecular flexibility index (Phi) is 6.02. The lowest BCUT2D eigenvalue weighted by Gasteiger charge is -2.27. The Morgan fingerprint density at radius 3 is 2.52 bits per heavy atom. The van der Waals surface area contributed by atoms with Crippen molar-refractivity contribution in [1.29, 1.82) is 0 Å². The molecule has 1 aromatic rings. The molecule has 0 bridgehead atoms. The van der Waals surface area contributed by atoms with Crippen molar-refractivity contribution in [2.24, 2.45) is 0 Å². The quantitative estimate of drug-likeness (QED) is 0.804. The lowest BCUT2D eigenvalue weighted by molar-refractivity contribution is -0.137. The number of nitrogens with zero attached hydrogens (tertiary/aromatic N) is 1. The van der Waals surface area contributed by atoms with Crippen molar-refractivity contribution in [2.45, 2.75) is 32.7 Å². The summed E-state index contributed by atoms with van der Waals surface area (Å²) in [5, 5.41) is 18.7. The lowest BCUT2D eigenvalue weighted by Crippen LogP contribution is -2.38. The first kappa shape index (κ1) is 16.8. The summed E-state index contributed by atoms with van der Waals surface area (Å²) in [6.07, 6.45) is 0.366. The van der Waals surface area contributed by atoms with Crippen molar-refractivity contribution in [3.05, 3.63) is 23.8 Å². The number of amides is 1. The van der Waals surface area contributed by atoms with Gasteiger partial charge in [-0.05, 0) is 32.4 Å². The molecule has 6 nitrogen and oxygen atoms in total. The maximum absolute atomic E-state index is 12.5. The number of carboxylic acids is 1. The van der Waals surface area contributed by atoms with Gasteiger partial charge in [0.2, 0.25) is 0 Å². The highest BCUT2D eigenvalue weighted by molar-refractivity contribution is 5.97. The molecule has 0 fully saturated rings. The SMILES string of the molecule is COc1cccc(C(=O)N(CCCC(=O)O)C(C)C)c1O. The Hall–Kier alpha value is -2.24. The van der Waals surface area contributed by atoms with Crippen LogP contribution >= 0.6 is 0 Å². The Labute approximate surface area is 124 Å². The molecule has 0 saturated heterocycles. The maximum atomic E-state index is 12.5. The van der Waals surface area contributed by atoms with Crippen LogP contribution in [0.4, 0.5) is 0 Å². The van der Waals surface area contributed by atoms with Crippen LogP contribution in [0.15, 0.2) is 18.2 Å². The smallest absolute Gasteiger partial charge is 0.303 e. The molecule has 0 unspecified atom stereocenters. The highest BCUT2D eigenvalue weighted by Crippen LogP contribution is 2.30. The van der Waals surface area contributed by atoms with Gasteiger partial charge in [0.25, 0.3) is 5.91 Å². The van der Waals surface area contributed by atoms with E-state index in [-0.39, 0.29) is 35.4 Å². The van der Waals surface area contributed by atoms with Crippen LogP contribution in [0.1, 0.15) is 37.0 Å². The van der Waals surface area contributed by atoms with Crippen molar-refractivity contribution in [1.82, 2.24) is 4.90 Å². The molecule has 2 N–H and O–H groups in total. The highest BCUT2D eigenvalue weighted by Gasteiger charge is 2.23. The molecule has 0 saturated carbocycles. The number of benzene rings is 1. The number of hydrogen-bond donors (Lipinski definition) is 2. The van der Waals surface area contributed by atoms with E-state index in [2.05, 4.69) is 0 Å². The summed E-state index contributed by atoms with van der Waals surface area (Å²) >= 11 is 0. The largest absolute Gasteiger partial charge is 0.504 e. The van der Waals surface area contributed by atoms with E-state index in [1.807, 2.05) is 13.8 Å². The minimum absolute atomic E-state index is 0.000588. The molecular weight excluding hydrogens is 274 g/mol. The maximum Gasteiger partial charge on any atom is 0.303 e. The zero-order valence-electron chi connectivity index (χ0n) is 12.5. The zero-order valence-corrected chi connectivity index (χ0v) is 12.5. The van der Waals surface area contributed by atoms with Gasteiger partial charge >= 0.3 is 5.97 Å². The van der Waals surface area contributed by atoms with E-state index in [9.17, 15) is 14.7 Å². The molecule has 0 aliphatic rings. The second-order valence-electron chi connectivity index (χ2n) is 4.95. The highest BCUT2D eigenvalue weighted by atomic mass is 16.5. The molecule has 0 atom stereocenters. The zero-order chi connectivity index (χ0) is 16.0. The minimum Gasteiger partial charge on any atom is -0.504 e. The molecule has 0 aliphatic carbocycles. The van der Waals surface area contributed by atoms with Crippen LogP contribution in [0.5, 0.6) is 11.5 Å². The molecule has 1 rings (SSSR count). The summed E-state index contributed by atoms with van der Waals surface area (Å²) in [4.78, 5) is 24.6. The number of carbonyl (C=O) groups excluding carboxylic acids is 1. The molecule has 21 heavy (non-hydrogen) atoms. The summed E-state index contributed by atoms with van der Waals surface area (Å²) in [5.41, 5.74) is 0.151. The first-order valence-corrected chi connectivity index (χ1v) is 6.77. The Bertz CT molecular complexity index is 513. The van der Waals surface area contributed by atoms with Gasteiger partial charge in [0, 0.05) is 19.0 Å². The molecule has 116 valence electrons. The monoisotopic (exact) mass is 295 g/mol. The van der Waals surface area contributed by atoms with Crippen LogP contribution in [-0.4, -0.2) is 46.7 Å². The molecule has 0 radical (unpaired) electrons. The first-order valence-electron chi connectivity index (χ1n) is 6.77. The Morgan fingerprint density at radius 2 is 2.00 bits per heavy atom. The van der Waals surface area contributed by atoms with Crippen molar-refractivity contribution in [3.8, 4) is 11.5 Å². The molecule has 0 aliphatic heterocycles. The van der Waals surface area contributed by atoms with Crippen molar-refractivity contribution in [2.75, 3.05) is 13.7 Å². The third-order valence-electron chi connectivity index (χ3n) is 3.12. The molecule has 1 amide bonds. The average Bonchev–Trinajstić information content (AvgIpc) is 2.42. The number of carbonyl (C=O) groups is 2. The molecule has 0 aromatic heterocycles. The lowest BCUT2D eigenvalue weighted by atomic mass is 10.1. The van der Waals surface area contributed by atoms with Crippen LogP contribution in [0.25, 0.3) is 0 Å². The van der Waals surface area contributed by atoms with E-state index in [4.69, 9.17) is 9.84 Å². The van der Waals surface area contributed by atoms with Gasteiger partial charge in [0.1, 0.15) is 0 Å². The number of hydrogen-bond acceptors (Lipinski definition) is 4. The van der Waals surface area contributed by atoms with Crippen molar-refractivity contribution >= 4 is 11.9 Å². The van der Waals surface area contributed by atoms with E-state index >= 15 is 0 Å². The molecular formula is C15H21NO5. The molecule has 6 heteroatoms. The van der Waals surface area contributed by atoms with Crippen LogP contribution < -0.4 is 4.74 Å². The predicted molar refractivity (Wildman–Crippen MR) is 77.7 cm³/mol. The molecule has 0 spiro atoms. The van der Waals surface area contributed by atoms with Gasteiger partial charge in [0.05, 0.1) is 12.7 Å². The van der Waals surface area contributed by atoms with Crippen LogP contribution in [0, 0.1) is 0 Å². The average molecular weight is 295 g/mol. The summed E-state index contributed by atoms with van der Waals surface area (Å²) in [7, 11) is 1.41. The second-order valence-corrected chi connectivity index (χ2v) is 4.95. The topological polar surface area (TPSA) is 87.1 Å². The summed E-state index contributed by atoms with van der Waals surface area (Å²) < 4.78 is 4.99. The predicted octanol–water partition coefficient (Wildman–Crippen LogP) is 2.12. The number of methoxy groups -OCH3 is 1. The number of carboxylic acid groups (broad SMARTS) is 1. The number of rotatable bonds is 7. The number of phenolic OH excluding ortho intramolecular Hbond substituents is 1. The van der Waals surface area contributed by atoms with Gasteiger partial charge in [-0.3, -0.25) is 9.59 Å². The van der Waals surface area contributed by atoms with Gasteiger partial charge < -0.3 is 19.8 Å². The number of aliphatic carboxylic acids is 1. The first-order chi connectivity index (χ1) is 9.88. The van der Waals surface area contributed by atoms with Crippen molar-refractivity contribution < 1.29 is 24.5 Å². The van der Waals surface area contributed by atoms with E-state index in [1.165, 1.54) is 18.1 Å². The summed E-state index contributed by atoms with van der Waals surface area (Å²) in [6, 6.07) is 4.61. The minimum atomic E-state index is -0.893. The Morgan fingerprint density at radius 1 is 1.33 bits per heavy atom. The number of ether oxygens (including phenoxy) is 1. The third-order valence-corrected chi connectivity index (χ3v) is 3.12. The van der Waals surface area contributed by atoms with Crippen molar-refractivity contribution in [3.63, 3.8) is 0 Å². The summed E-state index contributed by atoms with van der Waals surface area (Å²) in [5.74, 6) is -1.20. The number of phenols is 1. The van der Waals surface area contributed by atoms with Crippen LogP contribution in [-0.2, 0) is 4.79 Å². The molecule has 0 heterocycles. The van der Waals surface area contributed by atoms with Gasteiger partial charge in [-0.15, -0.1) is 0 Å². The van der Waals surface area contributed by atoms with Crippen LogP contribution in [0.3, 0.4) is 0 Å². The fraction of sp³-hybridized carbons (Fsp3) is 0.467. The Balaban J connectivity index is 2.93. The van der Waals surface area contributed by atoms with E-state index < -0.39 is 5.97 Å². The van der Waals surface area contributed by atoms with Gasteiger partial charge in [-0.1, -0.05) is 6.07 Å². The molecule has 1 aromatic carbocycles. The fourth-order valence-electron chi connectivity index (χ4n) is 2.01.